The first kappa shape index (κ1) is 26.1. The van der Waals surface area contributed by atoms with Crippen molar-refractivity contribution in [3.8, 4) is 12.3 Å². The van der Waals surface area contributed by atoms with Crippen molar-refractivity contribution in [3.05, 3.63) is 17.5 Å². The van der Waals surface area contributed by atoms with E-state index in [4.69, 9.17) is 38.0 Å². The second-order valence-corrected chi connectivity index (χ2v) is 8.86. The van der Waals surface area contributed by atoms with Gasteiger partial charge in [0.05, 0.1) is 18.6 Å². The molecule has 34 heavy (non-hydrogen) atoms. The summed E-state index contributed by atoms with van der Waals surface area (Å²) in [4.78, 5) is 20.5. The first-order valence-corrected chi connectivity index (χ1v) is 12.2. The summed E-state index contributed by atoms with van der Waals surface area (Å²) in [6.07, 6.45) is 14.3. The molecule has 0 bridgehead atoms. The summed E-state index contributed by atoms with van der Waals surface area (Å²) in [6.45, 7) is 1.93. The third-order valence-electron chi connectivity index (χ3n) is 6.10. The maximum atomic E-state index is 12.3. The molecule has 9 nitrogen and oxygen atoms in total. The smallest absolute Gasteiger partial charge is 0.434 e. The number of ether oxygens (including phenoxy) is 3. The molecule has 2 aromatic heterocycles. The highest BCUT2D eigenvalue weighted by molar-refractivity contribution is 6.28. The number of nitrogens with zero attached hydrogens (tertiary/aromatic N) is 3. The normalized spacial score (nSPS) is 22.1. The summed E-state index contributed by atoms with van der Waals surface area (Å²) in [5.74, 6) is 2.68. The second kappa shape index (κ2) is 12.2. The van der Waals surface area contributed by atoms with Crippen molar-refractivity contribution in [1.82, 2.24) is 14.5 Å². The van der Waals surface area contributed by atoms with Crippen molar-refractivity contribution in [3.63, 3.8) is 0 Å². The van der Waals surface area contributed by atoms with Gasteiger partial charge in [-0.1, -0.05) is 57.8 Å². The molecule has 0 unspecified atom stereocenters. The van der Waals surface area contributed by atoms with Crippen molar-refractivity contribution < 1.29 is 24.1 Å². The Balaban J connectivity index is 1.55. The molecular formula is C24H33ClN4O5. The lowest BCUT2D eigenvalue weighted by molar-refractivity contribution is -0.0975. The van der Waals surface area contributed by atoms with Gasteiger partial charge in [0, 0.05) is 12.6 Å². The molecule has 0 spiro atoms. The number of fused-ring (bicyclic) bond motifs is 1. The van der Waals surface area contributed by atoms with Gasteiger partial charge in [-0.25, -0.2) is 9.78 Å². The number of rotatable bonds is 12. The summed E-state index contributed by atoms with van der Waals surface area (Å²) in [6, 6.07) is 1.73. The number of hydrogen-bond acceptors (Lipinski definition) is 8. The average Bonchev–Trinajstić information content (AvgIpc) is 3.39. The molecule has 1 aliphatic heterocycles. The zero-order chi connectivity index (χ0) is 24.6. The molecule has 3 rings (SSSR count). The molecular weight excluding hydrogens is 460 g/mol. The van der Waals surface area contributed by atoms with Gasteiger partial charge in [0.15, 0.2) is 11.7 Å². The Morgan fingerprint density at radius 2 is 2.03 bits per heavy atom. The molecule has 10 heteroatoms. The Kier molecular flexibility index (Phi) is 9.39. The van der Waals surface area contributed by atoms with Crippen molar-refractivity contribution >= 4 is 34.6 Å². The number of carbonyl (C=O) groups excluding carboxylic acids is 1. The molecule has 0 amide bonds. The number of nitrogens with two attached hydrogens (primary N) is 1. The highest BCUT2D eigenvalue weighted by Crippen LogP contribution is 2.40. The van der Waals surface area contributed by atoms with Gasteiger partial charge in [-0.05, 0) is 24.1 Å². The molecule has 1 fully saturated rings. The number of nitrogen functional groups attached to an aromatic ring is 1. The van der Waals surface area contributed by atoms with E-state index >= 15 is 0 Å². The van der Waals surface area contributed by atoms with Gasteiger partial charge in [0.2, 0.25) is 5.28 Å². The van der Waals surface area contributed by atoms with E-state index in [2.05, 4.69) is 22.8 Å². The van der Waals surface area contributed by atoms with Crippen LogP contribution in [0, 0.1) is 12.3 Å². The third kappa shape index (κ3) is 6.12. The number of carbonyl (C=O) groups is 1. The minimum Gasteiger partial charge on any atom is -0.434 e. The van der Waals surface area contributed by atoms with Crippen LogP contribution in [-0.4, -0.2) is 50.7 Å². The molecule has 1 aliphatic rings. The predicted molar refractivity (Wildman–Crippen MR) is 129 cm³/mol. The van der Waals surface area contributed by atoms with Crippen LogP contribution in [0.5, 0.6) is 0 Å². The van der Waals surface area contributed by atoms with Crippen molar-refractivity contribution in [1.29, 1.82) is 0 Å². The van der Waals surface area contributed by atoms with E-state index in [0.29, 0.717) is 11.0 Å². The molecule has 0 aliphatic carbocycles. The Bertz CT molecular complexity index is 1010. The standard InChI is InChI=1S/C24H33ClN4O5/c1-3-5-6-7-8-9-10-11-14-32-23(31)33-18-15-19(34-24(18,4-2)16-30)29-13-12-17-20(26)27-22(25)28-21(17)29/h2,12-13,18-19,30H,3,5-11,14-16H2,1H3,(H2,26,27,28)/t18-,19+,24+/m0/s1. The van der Waals surface area contributed by atoms with Crippen molar-refractivity contribution in [2.45, 2.75) is 82.6 Å². The zero-order valence-electron chi connectivity index (χ0n) is 19.5. The lowest BCUT2D eigenvalue weighted by Crippen LogP contribution is -2.44. The van der Waals surface area contributed by atoms with E-state index in [-0.39, 0.29) is 24.1 Å². The zero-order valence-corrected chi connectivity index (χ0v) is 20.3. The highest BCUT2D eigenvalue weighted by atomic mass is 35.5. The van der Waals surface area contributed by atoms with Crippen LogP contribution in [0.4, 0.5) is 10.6 Å². The quantitative estimate of drug-likeness (QED) is 0.190. The first-order chi connectivity index (χ1) is 16.4. The van der Waals surface area contributed by atoms with Crippen molar-refractivity contribution in [2.24, 2.45) is 0 Å². The molecule has 186 valence electrons. The van der Waals surface area contributed by atoms with Gasteiger partial charge >= 0.3 is 6.16 Å². The number of aliphatic hydroxyl groups excluding tert-OH is 1. The maximum Gasteiger partial charge on any atom is 0.508 e. The van der Waals surface area contributed by atoms with Crippen LogP contribution in [0.15, 0.2) is 12.3 Å². The summed E-state index contributed by atoms with van der Waals surface area (Å²) >= 11 is 5.96. The van der Waals surface area contributed by atoms with Crippen LogP contribution in [0.25, 0.3) is 11.0 Å². The molecule has 3 heterocycles. The summed E-state index contributed by atoms with van der Waals surface area (Å²) in [5, 5.41) is 10.6. The number of aliphatic hydroxyl groups is 1. The number of anilines is 1. The fourth-order valence-corrected chi connectivity index (χ4v) is 4.34. The third-order valence-corrected chi connectivity index (χ3v) is 6.27. The first-order valence-electron chi connectivity index (χ1n) is 11.8. The molecule has 1 saturated heterocycles. The number of aromatic nitrogens is 3. The molecule has 3 N–H and O–H groups in total. The Labute approximate surface area is 204 Å². The van der Waals surface area contributed by atoms with Gasteiger partial charge in [0.1, 0.15) is 17.7 Å². The fourth-order valence-electron chi connectivity index (χ4n) is 4.17. The van der Waals surface area contributed by atoms with Crippen LogP contribution in [0.3, 0.4) is 0 Å². The van der Waals surface area contributed by atoms with Crippen LogP contribution < -0.4 is 5.73 Å². The largest absolute Gasteiger partial charge is 0.508 e. The van der Waals surface area contributed by atoms with Gasteiger partial charge in [-0.3, -0.25) is 0 Å². The average molecular weight is 493 g/mol. The van der Waals surface area contributed by atoms with E-state index < -0.39 is 30.7 Å². The minimum atomic E-state index is -1.51. The molecule has 0 aromatic carbocycles. The number of hydrogen-bond donors (Lipinski definition) is 2. The van der Waals surface area contributed by atoms with Gasteiger partial charge in [0.25, 0.3) is 0 Å². The van der Waals surface area contributed by atoms with Gasteiger partial charge in [-0.15, -0.1) is 6.42 Å². The van der Waals surface area contributed by atoms with Gasteiger partial charge < -0.3 is 29.6 Å². The molecule has 0 saturated carbocycles. The Hall–Kier alpha value is -2.54. The number of terminal acetylenes is 1. The van der Waals surface area contributed by atoms with Crippen LogP contribution >= 0.6 is 11.6 Å². The van der Waals surface area contributed by atoms with Gasteiger partial charge in [-0.2, -0.15) is 4.98 Å². The van der Waals surface area contributed by atoms with Crippen LogP contribution in [-0.2, 0) is 14.2 Å². The predicted octanol–water partition coefficient (Wildman–Crippen LogP) is 4.61. The fraction of sp³-hybridized carbons (Fsp3) is 0.625. The van der Waals surface area contributed by atoms with E-state index in [1.807, 2.05) is 0 Å². The maximum absolute atomic E-state index is 12.3. The number of unbranched alkanes of at least 4 members (excludes halogenated alkanes) is 7. The SMILES string of the molecule is C#C[C@]1(CO)O[C@@H](n2ccc3c(N)nc(Cl)nc32)C[C@@H]1OC(=O)OCCCCCCCCCC. The van der Waals surface area contributed by atoms with E-state index in [1.54, 1.807) is 16.8 Å². The molecule has 2 aromatic rings. The minimum absolute atomic E-state index is 0.00865. The molecule has 3 atom stereocenters. The van der Waals surface area contributed by atoms with E-state index in [0.717, 1.165) is 19.3 Å². The second-order valence-electron chi connectivity index (χ2n) is 8.52. The summed E-state index contributed by atoms with van der Waals surface area (Å²) < 4.78 is 18.4. The topological polar surface area (TPSA) is 122 Å². The lowest BCUT2D eigenvalue weighted by atomic mass is 9.99. The Morgan fingerprint density at radius 3 is 2.71 bits per heavy atom. The Morgan fingerprint density at radius 1 is 1.32 bits per heavy atom. The summed E-state index contributed by atoms with van der Waals surface area (Å²) in [5.41, 5.74) is 4.86. The van der Waals surface area contributed by atoms with Crippen molar-refractivity contribution in [2.75, 3.05) is 18.9 Å². The van der Waals surface area contributed by atoms with E-state index in [9.17, 15) is 9.90 Å². The van der Waals surface area contributed by atoms with E-state index in [1.165, 1.54) is 32.1 Å². The monoisotopic (exact) mass is 492 g/mol. The van der Waals surface area contributed by atoms with Crippen LogP contribution in [0.2, 0.25) is 5.28 Å². The lowest BCUT2D eigenvalue weighted by Gasteiger charge is -2.26. The number of halogens is 1. The molecule has 0 radical (unpaired) electrons. The van der Waals surface area contributed by atoms with Crippen LogP contribution in [0.1, 0.15) is 70.9 Å². The highest BCUT2D eigenvalue weighted by Gasteiger charge is 2.51. The summed E-state index contributed by atoms with van der Waals surface area (Å²) in [7, 11) is 0.